The van der Waals surface area contributed by atoms with Gasteiger partial charge < -0.3 is 10.6 Å². The highest BCUT2D eigenvalue weighted by atomic mass is 19.4. The van der Waals surface area contributed by atoms with Crippen LogP contribution in [0.5, 0.6) is 0 Å². The summed E-state index contributed by atoms with van der Waals surface area (Å²) in [6, 6.07) is 1.01. The lowest BCUT2D eigenvalue weighted by Crippen LogP contribution is -2.38. The Morgan fingerprint density at radius 1 is 1.38 bits per heavy atom. The summed E-state index contributed by atoms with van der Waals surface area (Å²) in [4.78, 5) is 24.9. The third kappa shape index (κ3) is 2.98. The van der Waals surface area contributed by atoms with Gasteiger partial charge in [-0.05, 0) is 18.9 Å². The lowest BCUT2D eigenvalue weighted by molar-refractivity contribution is -0.136. The van der Waals surface area contributed by atoms with Gasteiger partial charge >= 0.3 is 6.18 Å². The molecule has 1 atom stereocenters. The maximum Gasteiger partial charge on any atom is 0.417 e. The first-order valence-electron chi connectivity index (χ1n) is 7.51. The standard InChI is InChI=1S/C15H16F3N5O/c1-8(24)23-4-2-3-9(6-23)11-5-10(15(16,17)18)12-13(19)20-7-21-14(12)22-11/h5,7,9H,2-4,6H2,1H3,(H2,19,20,21,22). The van der Waals surface area contributed by atoms with Gasteiger partial charge in [-0.2, -0.15) is 13.2 Å². The van der Waals surface area contributed by atoms with E-state index in [1.165, 1.54) is 6.92 Å². The van der Waals surface area contributed by atoms with Crippen molar-refractivity contribution in [2.75, 3.05) is 18.8 Å². The molecule has 0 spiro atoms. The lowest BCUT2D eigenvalue weighted by atomic mass is 9.92. The molecule has 1 unspecified atom stereocenters. The summed E-state index contributed by atoms with van der Waals surface area (Å²) in [7, 11) is 0. The van der Waals surface area contributed by atoms with E-state index in [1.54, 1.807) is 4.90 Å². The number of anilines is 1. The maximum atomic E-state index is 13.4. The Balaban J connectivity index is 2.11. The van der Waals surface area contributed by atoms with E-state index in [-0.39, 0.29) is 34.4 Å². The Bertz CT molecular complexity index is 793. The van der Waals surface area contributed by atoms with Gasteiger partial charge in [-0.3, -0.25) is 4.79 Å². The number of fused-ring (bicyclic) bond motifs is 1. The van der Waals surface area contributed by atoms with Gasteiger partial charge in [0.1, 0.15) is 12.1 Å². The molecule has 9 heteroatoms. The fraction of sp³-hybridized carbons (Fsp3) is 0.467. The topological polar surface area (TPSA) is 85.0 Å². The van der Waals surface area contributed by atoms with Gasteiger partial charge in [0.05, 0.1) is 10.9 Å². The number of likely N-dealkylation sites (tertiary alicyclic amines) is 1. The molecule has 0 radical (unpaired) electrons. The van der Waals surface area contributed by atoms with Crippen molar-refractivity contribution in [1.29, 1.82) is 0 Å². The second-order valence-electron chi connectivity index (χ2n) is 5.85. The average Bonchev–Trinajstić information content (AvgIpc) is 2.53. The second kappa shape index (κ2) is 5.88. The maximum absolute atomic E-state index is 13.4. The molecule has 1 aliphatic rings. The van der Waals surface area contributed by atoms with Crippen LogP contribution in [-0.2, 0) is 11.0 Å². The quantitative estimate of drug-likeness (QED) is 0.862. The van der Waals surface area contributed by atoms with Gasteiger partial charge in [0.15, 0.2) is 5.65 Å². The zero-order valence-corrected chi connectivity index (χ0v) is 13.0. The number of nitrogens with zero attached hydrogens (tertiary/aromatic N) is 4. The smallest absolute Gasteiger partial charge is 0.383 e. The summed E-state index contributed by atoms with van der Waals surface area (Å²) < 4.78 is 40.3. The highest BCUT2D eigenvalue weighted by molar-refractivity contribution is 5.89. The molecule has 1 saturated heterocycles. The third-order valence-corrected chi connectivity index (χ3v) is 4.24. The summed E-state index contributed by atoms with van der Waals surface area (Å²) >= 11 is 0. The van der Waals surface area contributed by atoms with Crippen molar-refractivity contribution in [3.05, 3.63) is 23.7 Å². The van der Waals surface area contributed by atoms with Crippen LogP contribution in [-0.4, -0.2) is 38.8 Å². The molecule has 2 aromatic heterocycles. The van der Waals surface area contributed by atoms with Crippen LogP contribution in [0.1, 0.15) is 36.9 Å². The molecule has 1 aliphatic heterocycles. The van der Waals surface area contributed by atoms with Crippen molar-refractivity contribution >= 4 is 22.8 Å². The monoisotopic (exact) mass is 339 g/mol. The molecule has 3 heterocycles. The van der Waals surface area contributed by atoms with Crippen LogP contribution < -0.4 is 5.73 Å². The van der Waals surface area contributed by atoms with E-state index in [9.17, 15) is 18.0 Å². The fourth-order valence-corrected chi connectivity index (χ4v) is 3.04. The molecule has 2 N–H and O–H groups in total. The Labute approximate surface area is 135 Å². The fourth-order valence-electron chi connectivity index (χ4n) is 3.04. The van der Waals surface area contributed by atoms with E-state index in [1.807, 2.05) is 0 Å². The molecule has 2 aromatic rings. The number of nitrogen functional groups attached to an aromatic ring is 1. The number of halogens is 3. The van der Waals surface area contributed by atoms with Gasteiger partial charge in [-0.25, -0.2) is 15.0 Å². The number of rotatable bonds is 1. The van der Waals surface area contributed by atoms with Crippen molar-refractivity contribution < 1.29 is 18.0 Å². The van der Waals surface area contributed by atoms with Crippen LogP contribution in [0, 0.1) is 0 Å². The first-order valence-corrected chi connectivity index (χ1v) is 7.51. The zero-order valence-electron chi connectivity index (χ0n) is 13.0. The summed E-state index contributed by atoms with van der Waals surface area (Å²) in [6.07, 6.45) is -2.11. The summed E-state index contributed by atoms with van der Waals surface area (Å²) in [5.74, 6) is -0.604. The Morgan fingerprint density at radius 2 is 2.12 bits per heavy atom. The third-order valence-electron chi connectivity index (χ3n) is 4.24. The number of piperidine rings is 1. The molecule has 1 fully saturated rings. The summed E-state index contributed by atoms with van der Waals surface area (Å²) in [6.45, 7) is 2.41. The van der Waals surface area contributed by atoms with Crippen LogP contribution in [0.3, 0.4) is 0 Å². The van der Waals surface area contributed by atoms with Crippen LogP contribution >= 0.6 is 0 Å². The Morgan fingerprint density at radius 3 is 2.79 bits per heavy atom. The number of nitrogens with two attached hydrogens (primary N) is 1. The molecule has 0 saturated carbocycles. The molecule has 0 bridgehead atoms. The zero-order chi connectivity index (χ0) is 17.5. The minimum atomic E-state index is -4.59. The number of aromatic nitrogens is 3. The number of hydrogen-bond acceptors (Lipinski definition) is 5. The SMILES string of the molecule is CC(=O)N1CCCC(c2cc(C(F)(F)F)c3c(N)ncnc3n2)C1. The molecule has 0 aromatic carbocycles. The molecule has 6 nitrogen and oxygen atoms in total. The molecular weight excluding hydrogens is 323 g/mol. The minimum Gasteiger partial charge on any atom is -0.383 e. The minimum absolute atomic E-state index is 0.0766. The van der Waals surface area contributed by atoms with Crippen LogP contribution in [0.4, 0.5) is 19.0 Å². The van der Waals surface area contributed by atoms with Gasteiger partial charge in [-0.15, -0.1) is 0 Å². The van der Waals surface area contributed by atoms with Crippen molar-refractivity contribution in [1.82, 2.24) is 19.9 Å². The number of amides is 1. The van der Waals surface area contributed by atoms with E-state index in [0.29, 0.717) is 19.5 Å². The van der Waals surface area contributed by atoms with Gasteiger partial charge in [-0.1, -0.05) is 0 Å². The Hall–Kier alpha value is -2.45. The number of alkyl halides is 3. The number of hydrogen-bond donors (Lipinski definition) is 1. The molecule has 1 amide bonds. The van der Waals surface area contributed by atoms with Gasteiger partial charge in [0.25, 0.3) is 0 Å². The van der Waals surface area contributed by atoms with E-state index < -0.39 is 11.7 Å². The van der Waals surface area contributed by atoms with Crippen molar-refractivity contribution in [2.45, 2.75) is 31.9 Å². The first-order chi connectivity index (χ1) is 11.3. The molecule has 24 heavy (non-hydrogen) atoms. The normalized spacial score (nSPS) is 18.8. The number of carbonyl (C=O) groups excluding carboxylic acids is 1. The Kier molecular flexibility index (Phi) is 4.02. The van der Waals surface area contributed by atoms with Crippen molar-refractivity contribution in [3.63, 3.8) is 0 Å². The predicted octanol–water partition coefficient (Wildman–Crippen LogP) is 2.35. The van der Waals surface area contributed by atoms with Gasteiger partial charge in [0.2, 0.25) is 5.91 Å². The highest BCUT2D eigenvalue weighted by Crippen LogP contribution is 2.38. The second-order valence-corrected chi connectivity index (χ2v) is 5.85. The molecular formula is C15H16F3N5O. The lowest BCUT2D eigenvalue weighted by Gasteiger charge is -2.32. The largest absolute Gasteiger partial charge is 0.417 e. The van der Waals surface area contributed by atoms with Crippen LogP contribution in [0.25, 0.3) is 11.0 Å². The van der Waals surface area contributed by atoms with E-state index >= 15 is 0 Å². The van der Waals surface area contributed by atoms with Crippen molar-refractivity contribution in [3.8, 4) is 0 Å². The molecule has 128 valence electrons. The van der Waals surface area contributed by atoms with E-state index in [0.717, 1.165) is 18.8 Å². The summed E-state index contributed by atoms with van der Waals surface area (Å²) in [5, 5.41) is -0.284. The first kappa shape index (κ1) is 16.4. The molecule has 0 aliphatic carbocycles. The number of pyridine rings is 1. The van der Waals surface area contributed by atoms with Crippen molar-refractivity contribution in [2.24, 2.45) is 0 Å². The number of carbonyl (C=O) groups is 1. The van der Waals surface area contributed by atoms with Gasteiger partial charge in [0, 0.05) is 31.6 Å². The predicted molar refractivity (Wildman–Crippen MR) is 81.0 cm³/mol. The molecule has 3 rings (SSSR count). The summed E-state index contributed by atoms with van der Waals surface area (Å²) in [5.41, 5.74) is 4.91. The van der Waals surface area contributed by atoms with E-state index in [2.05, 4.69) is 15.0 Å². The van der Waals surface area contributed by atoms with E-state index in [4.69, 9.17) is 5.73 Å². The van der Waals surface area contributed by atoms with Crippen LogP contribution in [0.2, 0.25) is 0 Å². The average molecular weight is 339 g/mol. The van der Waals surface area contributed by atoms with Crippen LogP contribution in [0.15, 0.2) is 12.4 Å². The highest BCUT2D eigenvalue weighted by Gasteiger charge is 2.36.